The van der Waals surface area contributed by atoms with Crippen LogP contribution in [0.1, 0.15) is 271 Å². The number of hydrogen-bond acceptors (Lipinski definition) is 5. The van der Waals surface area contributed by atoms with E-state index in [0.717, 1.165) is 51.4 Å². The molecule has 0 aliphatic carbocycles. The minimum Gasteiger partial charge on any atom is -0.466 e. The van der Waals surface area contributed by atoms with E-state index in [0.29, 0.717) is 25.9 Å². The zero-order valence-electron chi connectivity index (χ0n) is 41.1. The summed E-state index contributed by atoms with van der Waals surface area (Å²) < 4.78 is 5.43. The fraction of sp³-hybridized carbons (Fsp3) is 0.821. The van der Waals surface area contributed by atoms with E-state index >= 15 is 0 Å². The van der Waals surface area contributed by atoms with Crippen molar-refractivity contribution in [3.05, 3.63) is 48.6 Å². The number of carbonyl (C=O) groups excluding carboxylic acids is 2. The molecule has 0 bridgehead atoms. The molecule has 0 rings (SSSR count). The van der Waals surface area contributed by atoms with Crippen LogP contribution in [-0.2, 0) is 14.3 Å². The van der Waals surface area contributed by atoms with Crippen LogP contribution in [0.2, 0.25) is 0 Å². The number of aliphatic hydroxyl groups is 2. The fourth-order valence-corrected chi connectivity index (χ4v) is 7.90. The molecule has 0 aliphatic rings. The van der Waals surface area contributed by atoms with Gasteiger partial charge >= 0.3 is 5.97 Å². The SMILES string of the molecule is CCCC/C=C\CCCCCCCC(=O)OCCCCCCCC/C=C\C/C=C\CCC(=O)NC(CO)C(O)/C=C/CCCCCCCCCCCCCCCCCCCCC. The molecule has 0 aliphatic heterocycles. The van der Waals surface area contributed by atoms with Gasteiger partial charge in [0, 0.05) is 12.8 Å². The topological polar surface area (TPSA) is 95.9 Å². The molecule has 62 heavy (non-hydrogen) atoms. The second-order valence-electron chi connectivity index (χ2n) is 18.2. The van der Waals surface area contributed by atoms with Crippen LogP contribution in [0.15, 0.2) is 48.6 Å². The predicted octanol–water partition coefficient (Wildman–Crippen LogP) is 16.2. The fourth-order valence-electron chi connectivity index (χ4n) is 7.90. The van der Waals surface area contributed by atoms with Gasteiger partial charge in [-0.15, -0.1) is 0 Å². The molecule has 0 saturated heterocycles. The van der Waals surface area contributed by atoms with E-state index in [1.165, 1.54) is 186 Å². The Morgan fingerprint density at radius 3 is 1.32 bits per heavy atom. The maximum Gasteiger partial charge on any atom is 0.305 e. The Labute approximate surface area is 385 Å². The van der Waals surface area contributed by atoms with Crippen molar-refractivity contribution in [1.29, 1.82) is 0 Å². The molecule has 0 aromatic heterocycles. The lowest BCUT2D eigenvalue weighted by atomic mass is 10.0. The number of nitrogens with one attached hydrogen (secondary N) is 1. The highest BCUT2D eigenvalue weighted by Crippen LogP contribution is 2.16. The highest BCUT2D eigenvalue weighted by Gasteiger charge is 2.17. The largest absolute Gasteiger partial charge is 0.466 e. The van der Waals surface area contributed by atoms with Gasteiger partial charge in [-0.2, -0.15) is 0 Å². The monoisotopic (exact) mass is 870 g/mol. The Kier molecular flexibility index (Phi) is 49.6. The first-order valence-electron chi connectivity index (χ1n) is 26.9. The van der Waals surface area contributed by atoms with Crippen LogP contribution in [0.5, 0.6) is 0 Å². The van der Waals surface area contributed by atoms with Gasteiger partial charge in [0.15, 0.2) is 0 Å². The molecular weight excluding hydrogens is 767 g/mol. The summed E-state index contributed by atoms with van der Waals surface area (Å²) in [7, 11) is 0. The van der Waals surface area contributed by atoms with Crippen molar-refractivity contribution >= 4 is 11.9 Å². The van der Waals surface area contributed by atoms with Gasteiger partial charge in [-0.1, -0.05) is 236 Å². The Balaban J connectivity index is 3.60. The van der Waals surface area contributed by atoms with E-state index < -0.39 is 12.1 Å². The second-order valence-corrected chi connectivity index (χ2v) is 18.2. The molecule has 6 nitrogen and oxygen atoms in total. The third kappa shape index (κ3) is 47.3. The maximum absolute atomic E-state index is 12.4. The van der Waals surface area contributed by atoms with Crippen LogP contribution in [0, 0.1) is 0 Å². The first-order valence-corrected chi connectivity index (χ1v) is 26.9. The zero-order valence-corrected chi connectivity index (χ0v) is 41.1. The van der Waals surface area contributed by atoms with Gasteiger partial charge in [0.1, 0.15) is 0 Å². The zero-order chi connectivity index (χ0) is 45.1. The number of allylic oxidation sites excluding steroid dienone is 7. The van der Waals surface area contributed by atoms with Crippen LogP contribution in [0.4, 0.5) is 0 Å². The van der Waals surface area contributed by atoms with Crippen LogP contribution in [0.25, 0.3) is 0 Å². The van der Waals surface area contributed by atoms with E-state index in [1.54, 1.807) is 6.08 Å². The van der Waals surface area contributed by atoms with E-state index in [-0.39, 0.29) is 18.5 Å². The van der Waals surface area contributed by atoms with Crippen molar-refractivity contribution in [1.82, 2.24) is 5.32 Å². The lowest BCUT2D eigenvalue weighted by Gasteiger charge is -2.19. The number of amides is 1. The van der Waals surface area contributed by atoms with Gasteiger partial charge in [-0.3, -0.25) is 9.59 Å². The van der Waals surface area contributed by atoms with Crippen LogP contribution < -0.4 is 5.32 Å². The summed E-state index contributed by atoms with van der Waals surface area (Å²) in [6.45, 7) is 4.80. The standard InChI is InChI=1S/C56H103NO5/c1-3-5-7-9-11-13-15-16-17-18-19-20-21-22-23-25-29-32-36-40-44-48-54(59)53(52-58)57-55(60)49-45-41-37-33-30-26-24-27-31-35-39-43-47-51-62-56(61)50-46-42-38-34-28-14-12-10-8-6-4-2/h10,12,26,30,37,41,44,48,53-54,58-59H,3-9,11,13-25,27-29,31-36,38-40,42-43,45-47,49-52H2,1-2H3,(H,57,60)/b12-10-,30-26-,41-37-,48-44+. The van der Waals surface area contributed by atoms with Crippen molar-refractivity contribution in [2.24, 2.45) is 0 Å². The molecule has 0 heterocycles. The highest BCUT2D eigenvalue weighted by atomic mass is 16.5. The molecular formula is C56H103NO5. The van der Waals surface area contributed by atoms with Crippen LogP contribution in [-0.4, -0.2) is 47.4 Å². The molecule has 0 aromatic carbocycles. The quantitative estimate of drug-likeness (QED) is 0.0322. The third-order valence-corrected chi connectivity index (χ3v) is 12.1. The number of unbranched alkanes of at least 4 members (excludes halogenated alkanes) is 32. The molecule has 2 atom stereocenters. The minimum atomic E-state index is -0.881. The Bertz CT molecular complexity index is 1050. The number of ether oxygens (including phenoxy) is 1. The van der Waals surface area contributed by atoms with Gasteiger partial charge < -0.3 is 20.3 Å². The van der Waals surface area contributed by atoms with Gasteiger partial charge in [0.25, 0.3) is 0 Å². The Morgan fingerprint density at radius 2 is 0.839 bits per heavy atom. The number of aliphatic hydroxyl groups excluding tert-OH is 2. The second kappa shape index (κ2) is 51.5. The van der Waals surface area contributed by atoms with E-state index in [4.69, 9.17) is 4.74 Å². The average Bonchev–Trinajstić information content (AvgIpc) is 3.27. The lowest BCUT2D eigenvalue weighted by Crippen LogP contribution is -2.45. The van der Waals surface area contributed by atoms with Gasteiger partial charge in [0.05, 0.1) is 25.4 Å². The van der Waals surface area contributed by atoms with E-state index in [2.05, 4.69) is 49.5 Å². The smallest absolute Gasteiger partial charge is 0.305 e. The molecule has 0 spiro atoms. The van der Waals surface area contributed by atoms with Crippen molar-refractivity contribution in [3.63, 3.8) is 0 Å². The molecule has 0 aromatic rings. The summed E-state index contributed by atoms with van der Waals surface area (Å²) in [5, 5.41) is 23.1. The number of carbonyl (C=O) groups is 2. The van der Waals surface area contributed by atoms with Gasteiger partial charge in [-0.05, 0) is 70.6 Å². The van der Waals surface area contributed by atoms with Gasteiger partial charge in [-0.25, -0.2) is 0 Å². The molecule has 0 saturated carbocycles. The summed E-state index contributed by atoms with van der Waals surface area (Å²) in [5.41, 5.74) is 0. The highest BCUT2D eigenvalue weighted by molar-refractivity contribution is 5.76. The maximum atomic E-state index is 12.4. The molecule has 6 heteroatoms. The first kappa shape index (κ1) is 59.8. The van der Waals surface area contributed by atoms with Gasteiger partial charge in [0.2, 0.25) is 5.91 Å². The normalized spacial score (nSPS) is 13.0. The van der Waals surface area contributed by atoms with E-state index in [1.807, 2.05) is 12.2 Å². The molecule has 362 valence electrons. The van der Waals surface area contributed by atoms with Crippen LogP contribution >= 0.6 is 0 Å². The summed E-state index contributed by atoms with van der Waals surface area (Å²) in [4.78, 5) is 24.4. The molecule has 3 N–H and O–H groups in total. The predicted molar refractivity (Wildman–Crippen MR) is 269 cm³/mol. The molecule has 0 fully saturated rings. The van der Waals surface area contributed by atoms with Crippen molar-refractivity contribution < 1.29 is 24.5 Å². The molecule has 0 radical (unpaired) electrons. The minimum absolute atomic E-state index is 0.0301. The summed E-state index contributed by atoms with van der Waals surface area (Å²) in [5.74, 6) is -0.178. The summed E-state index contributed by atoms with van der Waals surface area (Å²) in [6, 6.07) is -0.673. The molecule has 1 amide bonds. The van der Waals surface area contributed by atoms with Crippen LogP contribution in [0.3, 0.4) is 0 Å². The van der Waals surface area contributed by atoms with Crippen molar-refractivity contribution in [2.75, 3.05) is 13.2 Å². The Hall–Kier alpha value is -2.18. The summed E-state index contributed by atoms with van der Waals surface area (Å²) in [6.07, 6.45) is 64.2. The number of rotatable bonds is 49. The third-order valence-electron chi connectivity index (χ3n) is 12.1. The lowest BCUT2D eigenvalue weighted by molar-refractivity contribution is -0.143. The number of hydrogen-bond donors (Lipinski definition) is 3. The van der Waals surface area contributed by atoms with Crippen molar-refractivity contribution in [3.8, 4) is 0 Å². The molecule has 2 unspecified atom stereocenters. The average molecular weight is 870 g/mol. The Morgan fingerprint density at radius 1 is 0.452 bits per heavy atom. The van der Waals surface area contributed by atoms with E-state index in [9.17, 15) is 19.8 Å². The summed E-state index contributed by atoms with van der Waals surface area (Å²) >= 11 is 0. The van der Waals surface area contributed by atoms with Crippen molar-refractivity contribution in [2.45, 2.75) is 283 Å². The number of esters is 1. The first-order chi connectivity index (χ1) is 30.5.